The fraction of sp³-hybridized carbons (Fsp3) is 0.522. The summed E-state index contributed by atoms with van der Waals surface area (Å²) < 4.78 is 89.8. The Morgan fingerprint density at radius 1 is 1.15 bits per heavy atom. The fourth-order valence-corrected chi connectivity index (χ4v) is 4.89. The maximum atomic E-state index is 13.1. The van der Waals surface area contributed by atoms with Gasteiger partial charge >= 0.3 is 12.4 Å². The lowest BCUT2D eigenvalue weighted by molar-refractivity contribution is -0.143. The van der Waals surface area contributed by atoms with E-state index < -0.39 is 41.7 Å². The molecule has 4 unspecified atom stereocenters. The molecule has 3 heterocycles. The first kappa shape index (κ1) is 24.6. The van der Waals surface area contributed by atoms with Gasteiger partial charge in [0.25, 0.3) is 0 Å². The number of halogens is 6. The lowest BCUT2D eigenvalue weighted by Crippen LogP contribution is -2.55. The number of hydrogen-bond acceptors (Lipinski definition) is 4. The van der Waals surface area contributed by atoms with Gasteiger partial charge in [-0.3, -0.25) is 4.79 Å². The topological polar surface area (TPSA) is 63.5 Å². The van der Waals surface area contributed by atoms with Crippen LogP contribution in [0.15, 0.2) is 41.0 Å². The van der Waals surface area contributed by atoms with Crippen molar-refractivity contribution in [2.24, 2.45) is 5.92 Å². The number of alkyl halides is 6. The molecule has 0 saturated carbocycles. The van der Waals surface area contributed by atoms with Gasteiger partial charge in [0, 0.05) is 11.6 Å². The van der Waals surface area contributed by atoms with Gasteiger partial charge in [-0.1, -0.05) is 0 Å². The number of fused-ring (bicyclic) bond motifs is 2. The number of carbonyl (C=O) groups is 1. The van der Waals surface area contributed by atoms with Crippen LogP contribution < -0.4 is 10.6 Å². The second-order valence-corrected chi connectivity index (χ2v) is 9.07. The molecule has 0 aliphatic carbocycles. The number of furan rings is 1. The Morgan fingerprint density at radius 3 is 2.41 bits per heavy atom. The highest BCUT2D eigenvalue weighted by atomic mass is 19.4. The lowest BCUT2D eigenvalue weighted by Gasteiger charge is -2.39. The van der Waals surface area contributed by atoms with E-state index in [1.165, 1.54) is 6.26 Å². The first-order chi connectivity index (χ1) is 15.8. The number of benzene rings is 1. The second-order valence-electron chi connectivity index (χ2n) is 9.07. The van der Waals surface area contributed by atoms with Gasteiger partial charge < -0.3 is 19.8 Å². The van der Waals surface area contributed by atoms with Gasteiger partial charge in [0.2, 0.25) is 5.91 Å². The number of nitrogens with one attached hydrogen (secondary N) is 2. The molecule has 2 aliphatic heterocycles. The minimum Gasteiger partial charge on any atom is -0.467 e. The van der Waals surface area contributed by atoms with E-state index in [1.54, 1.807) is 12.1 Å². The van der Waals surface area contributed by atoms with Crippen LogP contribution >= 0.6 is 0 Å². The van der Waals surface area contributed by atoms with Gasteiger partial charge in [-0.15, -0.1) is 0 Å². The van der Waals surface area contributed by atoms with Crippen LogP contribution in [-0.4, -0.2) is 23.6 Å². The molecule has 1 amide bonds. The van der Waals surface area contributed by atoms with Crippen LogP contribution in [0.2, 0.25) is 0 Å². The van der Waals surface area contributed by atoms with Gasteiger partial charge in [0.15, 0.2) is 0 Å². The van der Waals surface area contributed by atoms with E-state index in [4.69, 9.17) is 9.15 Å². The Hall–Kier alpha value is -2.53. The molecule has 2 fully saturated rings. The molecule has 11 heteroatoms. The number of ether oxygens (including phenoxy) is 1. The molecule has 0 spiro atoms. The average Bonchev–Trinajstić information content (AvgIpc) is 3.36. The van der Waals surface area contributed by atoms with Crippen molar-refractivity contribution < 1.29 is 40.3 Å². The SMILES string of the molecule is CC12CC(C(=O)NCc3ccco3)C(CCC1OCc1cc(C(F)(F)F)cc(C(F)(F)F)c1)N2. The summed E-state index contributed by atoms with van der Waals surface area (Å²) in [6.07, 6.45) is -7.24. The first-order valence-electron chi connectivity index (χ1n) is 10.8. The third-order valence-electron chi connectivity index (χ3n) is 6.55. The van der Waals surface area contributed by atoms with Crippen molar-refractivity contribution in [3.05, 3.63) is 59.0 Å². The molecule has 0 radical (unpaired) electrons. The van der Waals surface area contributed by atoms with E-state index in [-0.39, 0.29) is 36.0 Å². The minimum atomic E-state index is -4.91. The third kappa shape index (κ3) is 5.25. The van der Waals surface area contributed by atoms with E-state index in [0.717, 1.165) is 0 Å². The van der Waals surface area contributed by atoms with Crippen molar-refractivity contribution in [1.82, 2.24) is 10.6 Å². The van der Waals surface area contributed by atoms with Gasteiger partial charge in [-0.2, -0.15) is 26.3 Å². The summed E-state index contributed by atoms with van der Waals surface area (Å²) in [4.78, 5) is 12.7. The van der Waals surface area contributed by atoms with Crippen molar-refractivity contribution in [3.63, 3.8) is 0 Å². The van der Waals surface area contributed by atoms with Crippen LogP contribution in [0.3, 0.4) is 0 Å². The predicted octanol–water partition coefficient (Wildman–Crippen LogP) is 5.05. The summed E-state index contributed by atoms with van der Waals surface area (Å²) in [5.41, 5.74) is -3.59. The van der Waals surface area contributed by atoms with Crippen molar-refractivity contribution >= 4 is 5.91 Å². The molecule has 2 N–H and O–H groups in total. The van der Waals surface area contributed by atoms with Crippen LogP contribution in [0.25, 0.3) is 0 Å². The average molecular weight is 490 g/mol. The Balaban J connectivity index is 1.42. The normalized spacial score (nSPS) is 27.1. The van der Waals surface area contributed by atoms with Gasteiger partial charge in [0.1, 0.15) is 5.76 Å². The highest BCUT2D eigenvalue weighted by Gasteiger charge is 2.52. The molecule has 1 aromatic carbocycles. The number of rotatable bonds is 6. The van der Waals surface area contributed by atoms with Crippen molar-refractivity contribution in [3.8, 4) is 0 Å². The van der Waals surface area contributed by atoms with E-state index in [9.17, 15) is 31.1 Å². The zero-order valence-corrected chi connectivity index (χ0v) is 18.2. The summed E-state index contributed by atoms with van der Waals surface area (Å²) in [7, 11) is 0. The largest absolute Gasteiger partial charge is 0.467 e. The third-order valence-corrected chi connectivity index (χ3v) is 6.55. The Labute approximate surface area is 191 Å². The second kappa shape index (κ2) is 8.92. The summed E-state index contributed by atoms with van der Waals surface area (Å²) >= 11 is 0. The molecule has 4 rings (SSSR count). The molecule has 186 valence electrons. The molecule has 4 atom stereocenters. The highest BCUT2D eigenvalue weighted by molar-refractivity contribution is 5.80. The summed E-state index contributed by atoms with van der Waals surface area (Å²) in [5.74, 6) is 0.138. The van der Waals surface area contributed by atoms with Gasteiger partial charge in [-0.05, 0) is 62.1 Å². The molecular formula is C23H24F6N2O3. The Kier molecular flexibility index (Phi) is 6.45. The summed E-state index contributed by atoms with van der Waals surface area (Å²) in [6, 6.07) is 4.82. The van der Waals surface area contributed by atoms with Crippen molar-refractivity contribution in [2.45, 2.75) is 69.4 Å². The number of amides is 1. The standard InChI is InChI=1S/C23H24F6N2O3/c1-21-10-17(20(32)30-11-16-3-2-6-33-16)18(31-21)4-5-19(21)34-12-13-7-14(22(24,25)26)9-15(8-13)23(27,28)29/h2-3,6-9,17-19,31H,4-5,10-12H2,1H3,(H,30,32). The van der Waals surface area contributed by atoms with Crippen LogP contribution in [0.4, 0.5) is 26.3 Å². The molecule has 5 nitrogen and oxygen atoms in total. The maximum Gasteiger partial charge on any atom is 0.416 e. The molecule has 2 aromatic rings. The number of carbonyl (C=O) groups excluding carboxylic acids is 1. The molecule has 2 bridgehead atoms. The summed E-state index contributed by atoms with van der Waals surface area (Å²) in [5, 5.41) is 6.22. The minimum absolute atomic E-state index is 0.0909. The van der Waals surface area contributed by atoms with Crippen LogP contribution in [0, 0.1) is 5.92 Å². The Bertz CT molecular complexity index is 988. The van der Waals surface area contributed by atoms with Crippen molar-refractivity contribution in [1.29, 1.82) is 0 Å². The molecule has 2 aliphatic rings. The Morgan fingerprint density at radius 2 is 1.82 bits per heavy atom. The van der Waals surface area contributed by atoms with E-state index in [2.05, 4.69) is 10.6 Å². The first-order valence-corrected chi connectivity index (χ1v) is 10.8. The van der Waals surface area contributed by atoms with Crippen LogP contribution in [-0.2, 0) is 35.0 Å². The van der Waals surface area contributed by atoms with Crippen molar-refractivity contribution in [2.75, 3.05) is 0 Å². The quantitative estimate of drug-likeness (QED) is 0.557. The monoisotopic (exact) mass is 490 g/mol. The molecule has 2 saturated heterocycles. The van der Waals surface area contributed by atoms with Crippen LogP contribution in [0.1, 0.15) is 48.6 Å². The zero-order chi connectivity index (χ0) is 24.7. The highest BCUT2D eigenvalue weighted by Crippen LogP contribution is 2.42. The molecule has 34 heavy (non-hydrogen) atoms. The molecule has 1 aromatic heterocycles. The molecular weight excluding hydrogens is 466 g/mol. The van der Waals surface area contributed by atoms with Gasteiger partial charge in [0.05, 0.1) is 42.6 Å². The number of hydrogen-bond donors (Lipinski definition) is 2. The maximum absolute atomic E-state index is 13.1. The van der Waals surface area contributed by atoms with E-state index >= 15 is 0 Å². The smallest absolute Gasteiger partial charge is 0.416 e. The van der Waals surface area contributed by atoms with Crippen LogP contribution in [0.5, 0.6) is 0 Å². The van der Waals surface area contributed by atoms with E-state index in [1.807, 2.05) is 6.92 Å². The zero-order valence-electron chi connectivity index (χ0n) is 18.2. The lowest BCUT2D eigenvalue weighted by atomic mass is 9.88. The van der Waals surface area contributed by atoms with Gasteiger partial charge in [-0.25, -0.2) is 0 Å². The summed E-state index contributed by atoms with van der Waals surface area (Å²) in [6.45, 7) is 1.70. The van der Waals surface area contributed by atoms with E-state index in [0.29, 0.717) is 37.2 Å². The number of piperidine rings is 1. The fourth-order valence-electron chi connectivity index (χ4n) is 4.89. The predicted molar refractivity (Wildman–Crippen MR) is 108 cm³/mol.